The van der Waals surface area contributed by atoms with Gasteiger partial charge in [-0.2, -0.15) is 0 Å². The summed E-state index contributed by atoms with van der Waals surface area (Å²) in [6, 6.07) is 6.19. The van der Waals surface area contributed by atoms with Crippen molar-refractivity contribution in [1.29, 1.82) is 0 Å². The van der Waals surface area contributed by atoms with Gasteiger partial charge in [-0.05, 0) is 24.6 Å². The molecule has 0 spiro atoms. The van der Waals surface area contributed by atoms with Crippen LogP contribution in [0.15, 0.2) is 23.6 Å². The summed E-state index contributed by atoms with van der Waals surface area (Å²) in [4.78, 5) is 6.57. The van der Waals surface area contributed by atoms with Gasteiger partial charge in [-0.1, -0.05) is 6.92 Å². The van der Waals surface area contributed by atoms with Crippen LogP contribution in [-0.2, 0) is 0 Å². The summed E-state index contributed by atoms with van der Waals surface area (Å²) < 4.78 is 5.96. The van der Waals surface area contributed by atoms with Crippen LogP contribution in [0.1, 0.15) is 13.3 Å². The molecule has 2 aromatic rings. The molecular formula is C14H17N3OS. The topological polar surface area (TPSA) is 51.4 Å². The van der Waals surface area contributed by atoms with E-state index in [1.807, 2.05) is 17.5 Å². The molecule has 100 valence electrons. The number of rotatable bonds is 2. The fourth-order valence-corrected chi connectivity index (χ4v) is 2.90. The van der Waals surface area contributed by atoms with Crippen LogP contribution in [0.25, 0.3) is 11.3 Å². The molecule has 1 atom stereocenters. The fraction of sp³-hybridized carbons (Fsp3) is 0.357. The van der Waals surface area contributed by atoms with Gasteiger partial charge in [-0.3, -0.25) is 0 Å². The number of aromatic nitrogens is 1. The summed E-state index contributed by atoms with van der Waals surface area (Å²) in [6.07, 6.45) is 1.30. The Kier molecular flexibility index (Phi) is 3.06. The van der Waals surface area contributed by atoms with Crippen molar-refractivity contribution in [2.24, 2.45) is 0 Å². The van der Waals surface area contributed by atoms with Crippen LogP contribution in [0, 0.1) is 0 Å². The molecule has 0 fully saturated rings. The predicted octanol–water partition coefficient (Wildman–Crippen LogP) is 3.00. The average molecular weight is 275 g/mol. The van der Waals surface area contributed by atoms with E-state index >= 15 is 0 Å². The van der Waals surface area contributed by atoms with Gasteiger partial charge >= 0.3 is 0 Å². The van der Waals surface area contributed by atoms with E-state index < -0.39 is 0 Å². The van der Waals surface area contributed by atoms with Gasteiger partial charge in [0.25, 0.3) is 0 Å². The van der Waals surface area contributed by atoms with Gasteiger partial charge in [0.2, 0.25) is 0 Å². The molecule has 1 unspecified atom stereocenters. The molecule has 2 N–H and O–H groups in total. The summed E-state index contributed by atoms with van der Waals surface area (Å²) in [5, 5.41) is 2.58. The van der Waals surface area contributed by atoms with Crippen molar-refractivity contribution in [2.75, 3.05) is 24.2 Å². The summed E-state index contributed by atoms with van der Waals surface area (Å²) >= 11 is 1.46. The lowest BCUT2D eigenvalue weighted by Gasteiger charge is -2.33. The molecule has 5 heteroatoms. The van der Waals surface area contributed by atoms with E-state index in [0.29, 0.717) is 5.13 Å². The van der Waals surface area contributed by atoms with Crippen LogP contribution in [0.3, 0.4) is 0 Å². The number of nitrogens with two attached hydrogens (primary N) is 1. The third-order valence-corrected chi connectivity index (χ3v) is 4.09. The van der Waals surface area contributed by atoms with E-state index in [-0.39, 0.29) is 6.10 Å². The molecule has 1 aliphatic rings. The third-order valence-electron chi connectivity index (χ3n) is 3.41. The monoisotopic (exact) mass is 275 g/mol. The lowest BCUT2D eigenvalue weighted by molar-refractivity contribution is 0.192. The van der Waals surface area contributed by atoms with Crippen molar-refractivity contribution in [1.82, 2.24) is 4.98 Å². The lowest BCUT2D eigenvalue weighted by atomic mass is 10.1. The zero-order valence-electron chi connectivity index (χ0n) is 11.1. The van der Waals surface area contributed by atoms with E-state index in [4.69, 9.17) is 10.5 Å². The molecule has 3 rings (SSSR count). The third kappa shape index (κ3) is 2.26. The summed E-state index contributed by atoms with van der Waals surface area (Å²) in [5.74, 6) is 0.951. The maximum atomic E-state index is 5.96. The number of fused-ring (bicyclic) bond motifs is 1. The minimum Gasteiger partial charge on any atom is -0.486 e. The number of thiazole rings is 1. The van der Waals surface area contributed by atoms with Gasteiger partial charge in [0, 0.05) is 18.0 Å². The van der Waals surface area contributed by atoms with Crippen molar-refractivity contribution in [3.63, 3.8) is 0 Å². The Hall–Kier alpha value is -1.75. The molecule has 0 radical (unpaired) electrons. The highest BCUT2D eigenvalue weighted by molar-refractivity contribution is 7.13. The molecule has 1 aliphatic heterocycles. The second kappa shape index (κ2) is 4.74. The van der Waals surface area contributed by atoms with Crippen LogP contribution < -0.4 is 15.4 Å². The molecule has 0 saturated heterocycles. The van der Waals surface area contributed by atoms with Crippen LogP contribution in [0.5, 0.6) is 5.75 Å². The summed E-state index contributed by atoms with van der Waals surface area (Å²) in [7, 11) is 2.10. The molecule has 1 aromatic carbocycles. The number of likely N-dealkylation sites (N-methyl/N-ethyl adjacent to an activating group) is 1. The molecule has 2 heterocycles. The van der Waals surface area contributed by atoms with Gasteiger partial charge in [0.1, 0.15) is 11.9 Å². The lowest BCUT2D eigenvalue weighted by Crippen LogP contribution is -2.37. The number of anilines is 2. The van der Waals surface area contributed by atoms with Gasteiger partial charge in [-0.25, -0.2) is 4.98 Å². The zero-order chi connectivity index (χ0) is 13.4. The molecule has 19 heavy (non-hydrogen) atoms. The first kappa shape index (κ1) is 12.3. The largest absolute Gasteiger partial charge is 0.486 e. The molecule has 0 amide bonds. The number of ether oxygens (including phenoxy) is 1. The fourth-order valence-electron chi connectivity index (χ4n) is 2.33. The summed E-state index contributed by atoms with van der Waals surface area (Å²) in [6.45, 7) is 3.07. The minimum absolute atomic E-state index is 0.276. The van der Waals surface area contributed by atoms with E-state index in [2.05, 4.69) is 29.9 Å². The standard InChI is InChI=1S/C14H17N3OS/c1-3-10-7-17(2)12-6-9(4-5-13(12)18-10)11-8-19-14(15)16-11/h4-6,8,10H,3,7H2,1-2H3,(H2,15,16). The predicted molar refractivity (Wildman–Crippen MR) is 79.9 cm³/mol. The van der Waals surface area contributed by atoms with E-state index in [9.17, 15) is 0 Å². The Morgan fingerprint density at radius 2 is 2.37 bits per heavy atom. The van der Waals surface area contributed by atoms with Crippen molar-refractivity contribution in [3.8, 4) is 17.0 Å². The number of nitrogen functional groups attached to an aromatic ring is 1. The van der Waals surface area contributed by atoms with Crippen LogP contribution in [0.4, 0.5) is 10.8 Å². The molecule has 0 saturated carbocycles. The number of hydrogen-bond donors (Lipinski definition) is 1. The molecule has 1 aromatic heterocycles. The van der Waals surface area contributed by atoms with Crippen molar-refractivity contribution >= 4 is 22.2 Å². The highest BCUT2D eigenvalue weighted by atomic mass is 32.1. The first-order chi connectivity index (χ1) is 9.17. The Labute approximate surface area is 116 Å². The SMILES string of the molecule is CCC1CN(C)c2cc(-c3csc(N)n3)ccc2O1. The maximum Gasteiger partial charge on any atom is 0.180 e. The Morgan fingerprint density at radius 1 is 1.53 bits per heavy atom. The number of hydrogen-bond acceptors (Lipinski definition) is 5. The molecule has 0 bridgehead atoms. The van der Waals surface area contributed by atoms with Crippen molar-refractivity contribution < 1.29 is 4.74 Å². The minimum atomic E-state index is 0.276. The van der Waals surface area contributed by atoms with Crippen LogP contribution in [0.2, 0.25) is 0 Å². The number of nitrogens with zero attached hydrogens (tertiary/aromatic N) is 2. The molecule has 4 nitrogen and oxygen atoms in total. The van der Waals surface area contributed by atoms with Gasteiger partial charge in [0.05, 0.1) is 17.9 Å². The average Bonchev–Trinajstić information content (AvgIpc) is 2.85. The smallest absolute Gasteiger partial charge is 0.180 e. The quantitative estimate of drug-likeness (QED) is 0.915. The van der Waals surface area contributed by atoms with E-state index in [1.165, 1.54) is 11.3 Å². The van der Waals surface area contributed by atoms with Crippen molar-refractivity contribution in [2.45, 2.75) is 19.4 Å². The Bertz CT molecular complexity index is 596. The van der Waals surface area contributed by atoms with Crippen LogP contribution in [-0.4, -0.2) is 24.7 Å². The summed E-state index contributed by atoms with van der Waals surface area (Å²) in [5.41, 5.74) is 8.82. The van der Waals surface area contributed by atoms with Gasteiger partial charge in [-0.15, -0.1) is 11.3 Å². The second-order valence-corrected chi connectivity index (χ2v) is 5.67. The highest BCUT2D eigenvalue weighted by Crippen LogP contribution is 2.37. The molecular weight excluding hydrogens is 258 g/mol. The zero-order valence-corrected chi connectivity index (χ0v) is 11.9. The van der Waals surface area contributed by atoms with Gasteiger partial charge in [0.15, 0.2) is 5.13 Å². The Morgan fingerprint density at radius 3 is 3.05 bits per heavy atom. The first-order valence-electron chi connectivity index (χ1n) is 6.40. The maximum absolute atomic E-state index is 5.96. The van der Waals surface area contributed by atoms with Crippen LogP contribution >= 0.6 is 11.3 Å². The number of benzene rings is 1. The normalized spacial score (nSPS) is 18.0. The highest BCUT2D eigenvalue weighted by Gasteiger charge is 2.22. The van der Waals surface area contributed by atoms with Crippen molar-refractivity contribution in [3.05, 3.63) is 23.6 Å². The second-order valence-electron chi connectivity index (χ2n) is 4.78. The first-order valence-corrected chi connectivity index (χ1v) is 7.28. The van der Waals surface area contributed by atoms with E-state index in [0.717, 1.165) is 35.7 Å². The van der Waals surface area contributed by atoms with Gasteiger partial charge < -0.3 is 15.4 Å². The Balaban J connectivity index is 1.98. The van der Waals surface area contributed by atoms with E-state index in [1.54, 1.807) is 0 Å². The molecule has 0 aliphatic carbocycles.